The topological polar surface area (TPSA) is 126 Å². The van der Waals surface area contributed by atoms with Crippen LogP contribution in [-0.2, 0) is 11.3 Å². The monoisotopic (exact) mass is 795 g/mol. The molecule has 14 heteroatoms. The number of aryl methyl sites for hydroxylation is 2. The summed E-state index contributed by atoms with van der Waals surface area (Å²) < 4.78 is 3.22. The van der Waals surface area contributed by atoms with Gasteiger partial charge in [-0.15, -0.1) is 11.3 Å². The minimum absolute atomic E-state index is 0.0232. The van der Waals surface area contributed by atoms with E-state index < -0.39 is 5.60 Å². The van der Waals surface area contributed by atoms with Crippen LogP contribution in [0.1, 0.15) is 51.8 Å². The molecule has 2 aromatic carbocycles. The van der Waals surface area contributed by atoms with Crippen LogP contribution in [-0.4, -0.2) is 82.6 Å². The van der Waals surface area contributed by atoms with E-state index in [2.05, 4.69) is 9.97 Å². The number of nitrogens with zero attached hydrogens (tertiary/aromatic N) is 7. The number of pyridine rings is 1. The fourth-order valence-electron chi connectivity index (χ4n) is 7.79. The van der Waals surface area contributed by atoms with Crippen LogP contribution in [0.4, 0.5) is 0 Å². The maximum atomic E-state index is 14.3. The molecule has 2 saturated heterocycles. The normalized spacial score (nSPS) is 18.5. The molecule has 2 fully saturated rings. The van der Waals surface area contributed by atoms with E-state index in [1.54, 1.807) is 41.2 Å². The van der Waals surface area contributed by atoms with Gasteiger partial charge in [0.1, 0.15) is 16.2 Å². The number of carbonyl (C=O) groups is 2. The number of likely N-dealkylation sites (tertiary alicyclic amines) is 2. The first-order valence-electron chi connectivity index (χ1n) is 18.3. The van der Waals surface area contributed by atoms with E-state index in [1.165, 1.54) is 22.2 Å². The number of hydrogen-bond donors (Lipinski definition) is 1. The van der Waals surface area contributed by atoms with Crippen LogP contribution in [0.25, 0.3) is 27.3 Å². The minimum atomic E-state index is -1.20. The van der Waals surface area contributed by atoms with Crippen molar-refractivity contribution < 1.29 is 14.7 Å². The zero-order valence-corrected chi connectivity index (χ0v) is 32.7. The molecule has 8 rings (SSSR count). The van der Waals surface area contributed by atoms with Crippen LogP contribution in [0.15, 0.2) is 90.2 Å². The zero-order valence-electron chi connectivity index (χ0n) is 30.4. The third-order valence-electron chi connectivity index (χ3n) is 10.9. The lowest BCUT2D eigenvalue weighted by atomic mass is 9.79. The first kappa shape index (κ1) is 37.1. The van der Waals surface area contributed by atoms with Crippen molar-refractivity contribution in [1.82, 2.24) is 33.9 Å². The van der Waals surface area contributed by atoms with Gasteiger partial charge in [-0.1, -0.05) is 53.5 Å². The summed E-state index contributed by atoms with van der Waals surface area (Å²) >= 11 is 13.7. The van der Waals surface area contributed by atoms with Crippen molar-refractivity contribution in [3.63, 3.8) is 0 Å². The van der Waals surface area contributed by atoms with Gasteiger partial charge in [0.15, 0.2) is 5.65 Å². The molecule has 6 heterocycles. The summed E-state index contributed by atoms with van der Waals surface area (Å²) in [5.74, 6) is -0.586. The molecule has 4 aromatic heterocycles. The highest BCUT2D eigenvalue weighted by Crippen LogP contribution is 2.37. The second kappa shape index (κ2) is 15.0. The number of aliphatic hydroxyl groups is 1. The van der Waals surface area contributed by atoms with Crippen LogP contribution in [0.5, 0.6) is 0 Å². The summed E-state index contributed by atoms with van der Waals surface area (Å²) in [6.07, 6.45) is 6.13. The summed E-state index contributed by atoms with van der Waals surface area (Å²) in [6, 6.07) is 20.7. The van der Waals surface area contributed by atoms with Gasteiger partial charge in [-0.25, -0.2) is 9.97 Å². The largest absolute Gasteiger partial charge is 0.388 e. The van der Waals surface area contributed by atoms with Crippen molar-refractivity contribution in [3.8, 4) is 16.3 Å². The molecule has 0 saturated carbocycles. The number of carbonyl (C=O) groups excluding carboxylic acids is 2. The second-order valence-electron chi connectivity index (χ2n) is 14.5. The summed E-state index contributed by atoms with van der Waals surface area (Å²) in [4.78, 5) is 59.8. The molecule has 2 aliphatic heterocycles. The van der Waals surface area contributed by atoms with Gasteiger partial charge in [0.05, 0.1) is 33.3 Å². The first-order valence-corrected chi connectivity index (χ1v) is 19.8. The standard InChI is InChI=1S/C41H39Cl2N7O4S/c1-25-8-9-28(21-44-25)37-46-26(2)35(55-37)40(53)48-16-12-30(32(22-48)27-6-4-3-5-7-27)38(51)47-18-14-41(54,15-19-47)23-49-24-45-36-31(39(49)52)13-17-50(36)29-10-11-33(42)34(43)20-29/h3-11,13,17,20-21,24,30,32,54H,12,14-16,18-19,22-23H2,1-2H3/t30-,32+/m1/s1. The number of rotatable bonds is 7. The molecule has 0 aliphatic carbocycles. The van der Waals surface area contributed by atoms with Gasteiger partial charge in [-0.3, -0.25) is 23.9 Å². The van der Waals surface area contributed by atoms with E-state index in [4.69, 9.17) is 28.2 Å². The van der Waals surface area contributed by atoms with Crippen molar-refractivity contribution >= 4 is 57.4 Å². The Bertz CT molecular complexity index is 2460. The predicted molar refractivity (Wildman–Crippen MR) is 214 cm³/mol. The van der Waals surface area contributed by atoms with Crippen LogP contribution in [0.3, 0.4) is 0 Å². The molecular weight excluding hydrogens is 757 g/mol. The number of benzene rings is 2. The molecule has 6 aromatic rings. The third-order valence-corrected chi connectivity index (χ3v) is 12.8. The lowest BCUT2D eigenvalue weighted by Crippen LogP contribution is -2.53. The van der Waals surface area contributed by atoms with E-state index in [0.29, 0.717) is 77.1 Å². The number of aromatic nitrogens is 5. The van der Waals surface area contributed by atoms with Gasteiger partial charge in [0, 0.05) is 67.4 Å². The van der Waals surface area contributed by atoms with Gasteiger partial charge in [0.25, 0.3) is 11.5 Å². The zero-order chi connectivity index (χ0) is 38.4. The predicted octanol–water partition coefficient (Wildman–Crippen LogP) is 6.93. The molecule has 2 atom stereocenters. The average molecular weight is 797 g/mol. The summed E-state index contributed by atoms with van der Waals surface area (Å²) in [6.45, 7) is 5.40. The van der Waals surface area contributed by atoms with Gasteiger partial charge < -0.3 is 19.5 Å². The van der Waals surface area contributed by atoms with E-state index in [0.717, 1.165) is 27.5 Å². The van der Waals surface area contributed by atoms with Gasteiger partial charge in [0.2, 0.25) is 5.91 Å². The number of halogens is 2. The second-order valence-corrected chi connectivity index (χ2v) is 16.3. The molecule has 282 valence electrons. The Balaban J connectivity index is 0.952. The SMILES string of the molecule is Cc1ccc(-c2nc(C)c(C(=O)N3CC[C@@H](C(=O)N4CCC(O)(Cn5cnc6c(ccn6-c6ccc(Cl)c(Cl)c6)c5=O)CC4)[C@H](c4ccccc4)C3)s2)cn1. The molecule has 11 nitrogen and oxygen atoms in total. The molecule has 0 radical (unpaired) electrons. The third kappa shape index (κ3) is 7.31. The maximum Gasteiger partial charge on any atom is 0.265 e. The Morgan fingerprint density at radius 3 is 2.45 bits per heavy atom. The Labute approximate surface area is 331 Å². The molecule has 0 bridgehead atoms. The van der Waals surface area contributed by atoms with Crippen molar-refractivity contribution in [2.45, 2.75) is 51.2 Å². The van der Waals surface area contributed by atoms with Crippen LogP contribution >= 0.6 is 34.5 Å². The van der Waals surface area contributed by atoms with Crippen molar-refractivity contribution in [1.29, 1.82) is 0 Å². The molecule has 2 aliphatic rings. The van der Waals surface area contributed by atoms with Gasteiger partial charge in [-0.05, 0) is 75.1 Å². The van der Waals surface area contributed by atoms with Crippen molar-refractivity contribution in [2.75, 3.05) is 26.2 Å². The Morgan fingerprint density at radius 1 is 0.945 bits per heavy atom. The van der Waals surface area contributed by atoms with E-state index in [-0.39, 0.29) is 35.8 Å². The quantitative estimate of drug-likeness (QED) is 0.186. The molecule has 0 spiro atoms. The van der Waals surface area contributed by atoms with Gasteiger partial charge >= 0.3 is 0 Å². The average Bonchev–Trinajstić information content (AvgIpc) is 3.81. The van der Waals surface area contributed by atoms with E-state index in [1.807, 2.05) is 66.1 Å². The number of amides is 2. The molecule has 0 unspecified atom stereocenters. The fourth-order valence-corrected chi connectivity index (χ4v) is 9.11. The Kier molecular flexibility index (Phi) is 10.1. The first-order chi connectivity index (χ1) is 26.5. The lowest BCUT2D eigenvalue weighted by molar-refractivity contribution is -0.142. The van der Waals surface area contributed by atoms with Crippen LogP contribution in [0.2, 0.25) is 10.0 Å². The summed E-state index contributed by atoms with van der Waals surface area (Å²) in [5, 5.41) is 13.7. The van der Waals surface area contributed by atoms with Crippen molar-refractivity contribution in [2.24, 2.45) is 5.92 Å². The Morgan fingerprint density at radius 2 is 1.73 bits per heavy atom. The highest BCUT2D eigenvalue weighted by Gasteiger charge is 2.42. The fraction of sp³-hybridized carbons (Fsp3) is 0.317. The molecule has 55 heavy (non-hydrogen) atoms. The van der Waals surface area contributed by atoms with Crippen LogP contribution < -0.4 is 5.56 Å². The highest BCUT2D eigenvalue weighted by atomic mass is 35.5. The molecule has 1 N–H and O–H groups in total. The van der Waals surface area contributed by atoms with E-state index >= 15 is 0 Å². The smallest absolute Gasteiger partial charge is 0.265 e. The van der Waals surface area contributed by atoms with Gasteiger partial charge in [-0.2, -0.15) is 0 Å². The lowest BCUT2D eigenvalue weighted by Gasteiger charge is -2.43. The minimum Gasteiger partial charge on any atom is -0.388 e. The summed E-state index contributed by atoms with van der Waals surface area (Å²) in [5.41, 5.74) is 3.21. The molecule has 2 amide bonds. The molecular formula is C41H39Cl2N7O4S. The van der Waals surface area contributed by atoms with E-state index in [9.17, 15) is 19.5 Å². The number of piperidine rings is 2. The Hall–Kier alpha value is -4.88. The number of hydrogen-bond acceptors (Lipinski definition) is 8. The van der Waals surface area contributed by atoms with Crippen LogP contribution in [0, 0.1) is 19.8 Å². The van der Waals surface area contributed by atoms with Crippen molar-refractivity contribution in [3.05, 3.63) is 128 Å². The summed E-state index contributed by atoms with van der Waals surface area (Å²) in [7, 11) is 0. The number of fused-ring (bicyclic) bond motifs is 1. The highest BCUT2D eigenvalue weighted by molar-refractivity contribution is 7.17. The maximum absolute atomic E-state index is 14.3. The number of thiazole rings is 1.